The van der Waals surface area contributed by atoms with E-state index in [1.807, 2.05) is 0 Å². The first-order valence-electron chi connectivity index (χ1n) is 8.95. The quantitative estimate of drug-likeness (QED) is 0.795. The van der Waals surface area contributed by atoms with E-state index in [1.54, 1.807) is 0 Å². The summed E-state index contributed by atoms with van der Waals surface area (Å²) >= 11 is 0. The van der Waals surface area contributed by atoms with Crippen molar-refractivity contribution >= 4 is 0 Å². The van der Waals surface area contributed by atoms with Crippen molar-refractivity contribution in [3.8, 4) is 0 Å². The Morgan fingerprint density at radius 2 is 1.79 bits per heavy atom. The Morgan fingerprint density at radius 1 is 0.895 bits per heavy atom. The highest BCUT2D eigenvalue weighted by atomic mass is 16.3. The predicted octanol–water partition coefficient (Wildman–Crippen LogP) is 4.00. The Balaban J connectivity index is 1.35. The number of aliphatic hydroxyl groups is 1. The lowest BCUT2D eigenvalue weighted by molar-refractivity contribution is -0.0675. The van der Waals surface area contributed by atoms with Crippen LogP contribution in [0.25, 0.3) is 0 Å². The minimum absolute atomic E-state index is 0.231. The lowest BCUT2D eigenvalue weighted by Gasteiger charge is -2.41. The van der Waals surface area contributed by atoms with E-state index in [0.717, 1.165) is 35.5 Å². The Kier molecular flexibility index (Phi) is 2.31. The molecule has 0 saturated heterocycles. The van der Waals surface area contributed by atoms with Gasteiger partial charge >= 0.3 is 0 Å². The fourth-order valence-electron chi connectivity index (χ4n) is 7.55. The van der Waals surface area contributed by atoms with Crippen molar-refractivity contribution in [1.29, 1.82) is 0 Å². The normalized spacial score (nSPS) is 62.1. The molecule has 0 aromatic heterocycles. The maximum absolute atomic E-state index is 11.3. The van der Waals surface area contributed by atoms with E-state index in [2.05, 4.69) is 0 Å². The standard InChI is InChI=1S/C18H28O/c19-18(9-13-7-11-4-5-12(13)6-11)10-14-8-17(18)16-3-1-2-15(14)16/h11-17,19H,1-10H2. The maximum Gasteiger partial charge on any atom is 0.0684 e. The number of hydrogen-bond donors (Lipinski definition) is 1. The zero-order chi connectivity index (χ0) is 12.6. The summed E-state index contributed by atoms with van der Waals surface area (Å²) in [7, 11) is 0. The van der Waals surface area contributed by atoms with Crippen molar-refractivity contribution in [2.75, 3.05) is 0 Å². The third-order valence-electron chi connectivity index (χ3n) is 8.11. The number of rotatable bonds is 2. The second kappa shape index (κ2) is 3.78. The van der Waals surface area contributed by atoms with Crippen LogP contribution < -0.4 is 0 Å². The van der Waals surface area contributed by atoms with Gasteiger partial charge in [0.15, 0.2) is 0 Å². The Hall–Kier alpha value is -0.0400. The highest BCUT2D eigenvalue weighted by Gasteiger charge is 2.61. The summed E-state index contributed by atoms with van der Waals surface area (Å²) in [5.41, 5.74) is -0.231. The van der Waals surface area contributed by atoms with Crippen molar-refractivity contribution in [1.82, 2.24) is 0 Å². The van der Waals surface area contributed by atoms with E-state index in [9.17, 15) is 5.11 Å². The van der Waals surface area contributed by atoms with Gasteiger partial charge in [-0.1, -0.05) is 12.8 Å². The summed E-state index contributed by atoms with van der Waals surface area (Å²) in [4.78, 5) is 0. The summed E-state index contributed by atoms with van der Waals surface area (Å²) in [6, 6.07) is 0. The van der Waals surface area contributed by atoms with Gasteiger partial charge in [-0.2, -0.15) is 0 Å². The first-order valence-corrected chi connectivity index (χ1v) is 8.95. The Bertz CT molecular complexity index is 391. The molecule has 0 aliphatic heterocycles. The van der Waals surface area contributed by atoms with Crippen molar-refractivity contribution in [3.63, 3.8) is 0 Å². The summed E-state index contributed by atoms with van der Waals surface area (Å²) in [5, 5.41) is 11.3. The van der Waals surface area contributed by atoms with E-state index < -0.39 is 0 Å². The van der Waals surface area contributed by atoms with Gasteiger partial charge in [-0.25, -0.2) is 0 Å². The van der Waals surface area contributed by atoms with E-state index in [4.69, 9.17) is 0 Å². The molecule has 5 fully saturated rings. The van der Waals surface area contributed by atoms with Gasteiger partial charge in [0, 0.05) is 0 Å². The van der Waals surface area contributed by atoms with Gasteiger partial charge < -0.3 is 5.11 Å². The van der Waals surface area contributed by atoms with Crippen molar-refractivity contribution in [3.05, 3.63) is 0 Å². The topological polar surface area (TPSA) is 20.2 Å². The molecule has 0 heterocycles. The first kappa shape index (κ1) is 11.6. The van der Waals surface area contributed by atoms with Crippen LogP contribution in [0.15, 0.2) is 0 Å². The molecule has 5 rings (SSSR count). The molecule has 5 aliphatic carbocycles. The molecule has 5 saturated carbocycles. The van der Waals surface area contributed by atoms with Crippen LogP contribution in [0, 0.1) is 41.4 Å². The zero-order valence-corrected chi connectivity index (χ0v) is 12.1. The summed E-state index contributed by atoms with van der Waals surface area (Å²) in [6.07, 6.45) is 14.0. The summed E-state index contributed by atoms with van der Waals surface area (Å²) in [5.74, 6) is 6.46. The molecule has 0 spiro atoms. The number of hydrogen-bond acceptors (Lipinski definition) is 1. The van der Waals surface area contributed by atoms with Crippen LogP contribution in [0.5, 0.6) is 0 Å². The van der Waals surface area contributed by atoms with Crippen LogP contribution >= 0.6 is 0 Å². The monoisotopic (exact) mass is 260 g/mol. The van der Waals surface area contributed by atoms with Gasteiger partial charge in [0.05, 0.1) is 5.60 Å². The molecule has 8 atom stereocenters. The largest absolute Gasteiger partial charge is 0.390 e. The van der Waals surface area contributed by atoms with E-state index in [1.165, 1.54) is 64.2 Å². The SMILES string of the molecule is OC1(CC2CC3CCC2C3)CC2CC1C1CCCC21. The highest BCUT2D eigenvalue weighted by molar-refractivity contribution is 5.11. The average Bonchev–Trinajstić information content (AvgIpc) is 3.12. The highest BCUT2D eigenvalue weighted by Crippen LogP contribution is 2.64. The molecule has 1 heteroatoms. The van der Waals surface area contributed by atoms with Crippen molar-refractivity contribution in [2.45, 2.75) is 69.8 Å². The molecular weight excluding hydrogens is 232 g/mol. The molecule has 5 aliphatic rings. The molecule has 0 radical (unpaired) electrons. The molecule has 0 aromatic carbocycles. The molecule has 106 valence electrons. The van der Waals surface area contributed by atoms with Crippen LogP contribution in [0.1, 0.15) is 64.2 Å². The Labute approximate surface area is 117 Å². The van der Waals surface area contributed by atoms with Crippen LogP contribution in [0.2, 0.25) is 0 Å². The lowest BCUT2D eigenvalue weighted by Crippen LogP contribution is -2.43. The van der Waals surface area contributed by atoms with E-state index in [0.29, 0.717) is 5.92 Å². The molecular formula is C18H28O. The zero-order valence-electron chi connectivity index (χ0n) is 12.1. The molecule has 19 heavy (non-hydrogen) atoms. The average molecular weight is 260 g/mol. The van der Waals surface area contributed by atoms with Gasteiger partial charge in [0.1, 0.15) is 0 Å². The second-order valence-corrected chi connectivity index (χ2v) is 8.81. The molecule has 1 N–H and O–H groups in total. The second-order valence-electron chi connectivity index (χ2n) is 8.81. The summed E-state index contributed by atoms with van der Waals surface area (Å²) < 4.78 is 0. The molecule has 8 unspecified atom stereocenters. The van der Waals surface area contributed by atoms with Gasteiger partial charge in [-0.15, -0.1) is 0 Å². The Morgan fingerprint density at radius 3 is 2.58 bits per heavy atom. The van der Waals surface area contributed by atoms with Crippen LogP contribution in [0.4, 0.5) is 0 Å². The molecule has 0 amide bonds. The van der Waals surface area contributed by atoms with E-state index >= 15 is 0 Å². The van der Waals surface area contributed by atoms with Crippen molar-refractivity contribution in [2.24, 2.45) is 41.4 Å². The van der Waals surface area contributed by atoms with Gasteiger partial charge in [-0.3, -0.25) is 0 Å². The third kappa shape index (κ3) is 1.51. The predicted molar refractivity (Wildman–Crippen MR) is 75.5 cm³/mol. The van der Waals surface area contributed by atoms with Gasteiger partial charge in [0.25, 0.3) is 0 Å². The first-order chi connectivity index (χ1) is 9.23. The van der Waals surface area contributed by atoms with E-state index in [-0.39, 0.29) is 5.60 Å². The number of fused-ring (bicyclic) bond motifs is 7. The molecule has 4 bridgehead atoms. The minimum Gasteiger partial charge on any atom is -0.390 e. The smallest absolute Gasteiger partial charge is 0.0684 e. The van der Waals surface area contributed by atoms with Crippen LogP contribution in [0.3, 0.4) is 0 Å². The molecule has 0 aromatic rings. The van der Waals surface area contributed by atoms with Gasteiger partial charge in [0.2, 0.25) is 0 Å². The fourth-order valence-corrected chi connectivity index (χ4v) is 7.55. The van der Waals surface area contributed by atoms with Crippen LogP contribution in [-0.4, -0.2) is 10.7 Å². The molecule has 1 nitrogen and oxygen atoms in total. The maximum atomic E-state index is 11.3. The van der Waals surface area contributed by atoms with Gasteiger partial charge in [-0.05, 0) is 92.8 Å². The minimum atomic E-state index is -0.231. The lowest BCUT2D eigenvalue weighted by atomic mass is 9.68. The third-order valence-corrected chi connectivity index (χ3v) is 8.11. The fraction of sp³-hybridized carbons (Fsp3) is 1.00. The van der Waals surface area contributed by atoms with Crippen molar-refractivity contribution < 1.29 is 5.11 Å². The summed E-state index contributed by atoms with van der Waals surface area (Å²) in [6.45, 7) is 0. The van der Waals surface area contributed by atoms with Crippen LogP contribution in [-0.2, 0) is 0 Å².